The van der Waals surface area contributed by atoms with Gasteiger partial charge >= 0.3 is 0 Å². The van der Waals surface area contributed by atoms with Gasteiger partial charge in [-0.1, -0.05) is 18.6 Å². The summed E-state index contributed by atoms with van der Waals surface area (Å²) < 4.78 is 34.8. The summed E-state index contributed by atoms with van der Waals surface area (Å²) in [4.78, 5) is 57.1. The number of aryl methyl sites for hydroxylation is 2. The molecule has 328 valence electrons. The monoisotopic (exact) mass is 882 g/mol. The molecular weight excluding hydrogens is 829 g/mol. The molecular formula is C48H54N2O10S2. The van der Waals surface area contributed by atoms with Crippen molar-refractivity contribution in [1.29, 1.82) is 0 Å². The molecule has 0 spiro atoms. The van der Waals surface area contributed by atoms with Crippen molar-refractivity contribution in [3.8, 4) is 56.8 Å². The smallest absolute Gasteiger partial charge is 0.223 e. The van der Waals surface area contributed by atoms with Crippen LogP contribution in [0.2, 0.25) is 0 Å². The van der Waals surface area contributed by atoms with E-state index in [2.05, 4.69) is 10.6 Å². The molecule has 1 saturated carbocycles. The molecule has 0 aromatic heterocycles. The molecule has 4 aromatic carbocycles. The number of ether oxygens (including phenoxy) is 6. The maximum Gasteiger partial charge on any atom is 0.223 e. The lowest BCUT2D eigenvalue weighted by atomic mass is 9.80. The second kappa shape index (κ2) is 19.4. The van der Waals surface area contributed by atoms with Crippen molar-refractivity contribution in [2.45, 2.75) is 73.2 Å². The third-order valence-electron chi connectivity index (χ3n) is 12.5. The third-order valence-corrected chi connectivity index (χ3v) is 14.0. The minimum absolute atomic E-state index is 0.141. The summed E-state index contributed by atoms with van der Waals surface area (Å²) >= 11 is 2.73. The van der Waals surface area contributed by atoms with E-state index in [0.717, 1.165) is 33.4 Å². The van der Waals surface area contributed by atoms with Crippen molar-refractivity contribution in [1.82, 2.24) is 10.6 Å². The van der Waals surface area contributed by atoms with Crippen molar-refractivity contribution in [3.05, 3.63) is 91.2 Å². The maximum absolute atomic E-state index is 14.4. The molecule has 0 aliphatic heterocycles. The first-order valence-corrected chi connectivity index (χ1v) is 23.2. The molecule has 3 aliphatic carbocycles. The van der Waals surface area contributed by atoms with Gasteiger partial charge in [-0.25, -0.2) is 0 Å². The van der Waals surface area contributed by atoms with Crippen molar-refractivity contribution in [3.63, 3.8) is 0 Å². The largest absolute Gasteiger partial charge is 0.493 e. The van der Waals surface area contributed by atoms with Crippen LogP contribution < -0.4 is 49.9 Å². The normalized spacial score (nSPS) is 18.8. The summed E-state index contributed by atoms with van der Waals surface area (Å²) in [5.74, 6) is 1.73. The van der Waals surface area contributed by atoms with E-state index in [9.17, 15) is 19.2 Å². The first kappa shape index (κ1) is 44.7. The van der Waals surface area contributed by atoms with Crippen LogP contribution in [0, 0.1) is 11.8 Å². The van der Waals surface area contributed by atoms with E-state index in [1.165, 1.54) is 23.5 Å². The number of benzene rings is 2. The number of methoxy groups -OCH3 is 6. The van der Waals surface area contributed by atoms with Gasteiger partial charge < -0.3 is 39.1 Å². The number of hydrogen-bond donors (Lipinski definition) is 2. The lowest BCUT2D eigenvalue weighted by Gasteiger charge is -2.30. The zero-order valence-corrected chi connectivity index (χ0v) is 38.1. The van der Waals surface area contributed by atoms with Crippen molar-refractivity contribution >= 4 is 35.3 Å². The van der Waals surface area contributed by atoms with Gasteiger partial charge in [-0.05, 0) is 127 Å². The number of thioether (sulfide) groups is 2. The summed E-state index contributed by atoms with van der Waals surface area (Å²) in [6, 6.07) is 13.6. The molecule has 2 amide bonds. The Kier molecular flexibility index (Phi) is 14.0. The highest BCUT2D eigenvalue weighted by molar-refractivity contribution is 7.98. The minimum atomic E-state index is -0.498. The molecule has 0 unspecified atom stereocenters. The average Bonchev–Trinajstić information content (AvgIpc) is 3.69. The van der Waals surface area contributed by atoms with Crippen molar-refractivity contribution in [2.24, 2.45) is 11.8 Å². The second-order valence-corrected chi connectivity index (χ2v) is 17.4. The van der Waals surface area contributed by atoms with Gasteiger partial charge in [0, 0.05) is 23.0 Å². The Bertz CT molecular complexity index is 2340. The summed E-state index contributed by atoms with van der Waals surface area (Å²) in [5.41, 5.74) is 6.08. The Morgan fingerprint density at radius 2 is 0.952 bits per heavy atom. The zero-order chi connectivity index (χ0) is 44.2. The van der Waals surface area contributed by atoms with E-state index in [0.29, 0.717) is 107 Å². The molecule has 0 heterocycles. The number of carbonyl (C=O) groups excluding carboxylic acids is 2. The van der Waals surface area contributed by atoms with Gasteiger partial charge in [-0.2, -0.15) is 0 Å². The van der Waals surface area contributed by atoms with Gasteiger partial charge in [-0.3, -0.25) is 19.2 Å². The lowest BCUT2D eigenvalue weighted by Crippen LogP contribution is -2.41. The predicted molar refractivity (Wildman–Crippen MR) is 243 cm³/mol. The van der Waals surface area contributed by atoms with Gasteiger partial charge in [-0.15, -0.1) is 23.5 Å². The standard InChI is InChI=1S/C48H54N2O10S2/c1-55-37-21-25-12-16-33(31-23-35(51)39(61-7)18-14-29(31)41(25)45(59-5)43(37)57-3)49-47(53)27-10-9-11-28(20-27)48(54)50-34-17-13-26-22-38(56-2)44(58-4)46(60-6)42(26)30-15-19-40(62-8)36(52)24-32(30)34/h14-15,18-19,21-24,27-28,33-34H,9-13,16-17,20H2,1-8H3,(H,49,53)(H,50,54)/t27-,28-,33+,34+/m1/s1. The summed E-state index contributed by atoms with van der Waals surface area (Å²) in [6.07, 6.45) is 8.19. The fraction of sp³-hybridized carbons (Fsp3) is 0.417. The van der Waals surface area contributed by atoms with Crippen LogP contribution in [0.15, 0.2) is 67.9 Å². The van der Waals surface area contributed by atoms with Crippen LogP contribution in [0.5, 0.6) is 34.5 Å². The molecule has 0 radical (unpaired) electrons. The average molecular weight is 883 g/mol. The first-order chi connectivity index (χ1) is 30.0. The number of carbonyl (C=O) groups is 2. The van der Waals surface area contributed by atoms with Crippen molar-refractivity contribution in [2.75, 3.05) is 55.2 Å². The van der Waals surface area contributed by atoms with E-state index < -0.39 is 23.9 Å². The molecule has 12 nitrogen and oxygen atoms in total. The number of nitrogens with one attached hydrogen (secondary N) is 2. The van der Waals surface area contributed by atoms with E-state index in [1.807, 2.05) is 48.9 Å². The van der Waals surface area contributed by atoms with Crippen LogP contribution in [0.25, 0.3) is 22.3 Å². The highest BCUT2D eigenvalue weighted by atomic mass is 32.2. The van der Waals surface area contributed by atoms with Crippen LogP contribution in [-0.4, -0.2) is 67.0 Å². The van der Waals surface area contributed by atoms with Crippen LogP contribution in [0.3, 0.4) is 0 Å². The van der Waals surface area contributed by atoms with Crippen LogP contribution >= 0.6 is 23.5 Å². The third kappa shape index (κ3) is 8.43. The Balaban J connectivity index is 1.17. The molecule has 62 heavy (non-hydrogen) atoms. The maximum atomic E-state index is 14.4. The Hall–Kier alpha value is -5.34. The summed E-state index contributed by atoms with van der Waals surface area (Å²) in [7, 11) is 9.43. The van der Waals surface area contributed by atoms with Gasteiger partial charge in [0.25, 0.3) is 0 Å². The van der Waals surface area contributed by atoms with Gasteiger partial charge in [0.05, 0.1) is 64.5 Å². The van der Waals surface area contributed by atoms with E-state index in [1.54, 1.807) is 54.8 Å². The molecule has 4 atom stereocenters. The highest BCUT2D eigenvalue weighted by Crippen LogP contribution is 2.52. The quantitative estimate of drug-likeness (QED) is 0.133. The Labute approximate surface area is 370 Å². The lowest BCUT2D eigenvalue weighted by molar-refractivity contribution is -0.131. The number of amides is 2. The van der Waals surface area contributed by atoms with Crippen LogP contribution in [-0.2, 0) is 22.4 Å². The molecule has 0 bridgehead atoms. The molecule has 1 fully saturated rings. The van der Waals surface area contributed by atoms with Crippen LogP contribution in [0.1, 0.15) is 72.9 Å². The SMILES string of the molecule is COc1cc2c(c(OC)c1OC)-c1ccc(SC)c(=O)cc1[C@@H](NC(=O)[C@@H]1CCC[C@@H](C(=O)N[C@H]3CCc4cc(OC)c(OC)c(OC)c4-c4ccc(SC)c(=O)cc43)C1)CC2. The molecule has 4 aromatic rings. The van der Waals surface area contributed by atoms with Crippen LogP contribution in [0.4, 0.5) is 0 Å². The van der Waals surface area contributed by atoms with Gasteiger partial charge in [0.1, 0.15) is 0 Å². The highest BCUT2D eigenvalue weighted by Gasteiger charge is 2.36. The Morgan fingerprint density at radius 1 is 0.548 bits per heavy atom. The molecule has 3 aliphatic rings. The molecule has 0 saturated heterocycles. The van der Waals surface area contributed by atoms with Crippen molar-refractivity contribution < 1.29 is 38.0 Å². The van der Waals surface area contributed by atoms with E-state index in [-0.39, 0.29) is 22.7 Å². The van der Waals surface area contributed by atoms with Gasteiger partial charge in [0.2, 0.25) is 23.3 Å². The summed E-state index contributed by atoms with van der Waals surface area (Å²) in [6.45, 7) is 0. The number of hydrogen-bond acceptors (Lipinski definition) is 12. The number of fused-ring (bicyclic) bond motifs is 6. The zero-order valence-electron chi connectivity index (χ0n) is 36.5. The number of rotatable bonds is 12. The topological polar surface area (TPSA) is 148 Å². The fourth-order valence-corrected chi connectivity index (χ4v) is 10.4. The Morgan fingerprint density at radius 3 is 1.31 bits per heavy atom. The molecule has 2 N–H and O–H groups in total. The second-order valence-electron chi connectivity index (χ2n) is 15.7. The molecule has 14 heteroatoms. The first-order valence-electron chi connectivity index (χ1n) is 20.7. The summed E-state index contributed by atoms with van der Waals surface area (Å²) in [5, 5.41) is 6.65. The van der Waals surface area contributed by atoms with E-state index >= 15 is 0 Å². The van der Waals surface area contributed by atoms with E-state index in [4.69, 9.17) is 28.4 Å². The molecule has 7 rings (SSSR count). The fourth-order valence-electron chi connectivity index (χ4n) is 9.48. The predicted octanol–water partition coefficient (Wildman–Crippen LogP) is 7.95. The minimum Gasteiger partial charge on any atom is -0.493 e. The van der Waals surface area contributed by atoms with Gasteiger partial charge in [0.15, 0.2) is 33.9 Å².